The van der Waals surface area contributed by atoms with Crippen molar-refractivity contribution in [3.8, 4) is 5.75 Å². The Bertz CT molecular complexity index is 610. The van der Waals surface area contributed by atoms with Crippen molar-refractivity contribution in [1.82, 2.24) is 10.6 Å². The maximum absolute atomic E-state index is 11.4. The number of benzene rings is 2. The van der Waals surface area contributed by atoms with Gasteiger partial charge in [-0.1, -0.05) is 42.5 Å². The Morgan fingerprint density at radius 2 is 1.71 bits per heavy atom. The third kappa shape index (κ3) is 3.23. The van der Waals surface area contributed by atoms with E-state index in [-0.39, 0.29) is 23.7 Å². The normalized spacial score (nSPS) is 19.2. The Balaban J connectivity index is 1.87. The summed E-state index contributed by atoms with van der Waals surface area (Å²) in [5.74, 6) is 0.341. The van der Waals surface area contributed by atoms with Crippen LogP contribution in [0.2, 0.25) is 0 Å². The molecule has 2 atom stereocenters. The van der Waals surface area contributed by atoms with Gasteiger partial charge in [0.25, 0.3) is 0 Å². The summed E-state index contributed by atoms with van der Waals surface area (Å²) in [6.45, 7) is 0.653. The number of nitrogens with one attached hydrogen (secondary N) is 2. The van der Waals surface area contributed by atoms with Crippen LogP contribution in [0.5, 0.6) is 5.75 Å². The molecule has 2 unspecified atom stereocenters. The highest BCUT2D eigenvalue weighted by atomic mass is 16.3. The molecule has 4 nitrogen and oxygen atoms in total. The Morgan fingerprint density at radius 1 is 1.05 bits per heavy atom. The van der Waals surface area contributed by atoms with Gasteiger partial charge in [0.15, 0.2) is 0 Å². The summed E-state index contributed by atoms with van der Waals surface area (Å²) in [6, 6.07) is 17.4. The number of hydrogen-bond donors (Lipinski definition) is 3. The summed E-state index contributed by atoms with van der Waals surface area (Å²) in [4.78, 5) is 11.4. The average Bonchev–Trinajstić information content (AvgIpc) is 2.92. The summed E-state index contributed by atoms with van der Waals surface area (Å²) < 4.78 is 0. The number of amides is 1. The topological polar surface area (TPSA) is 61.4 Å². The van der Waals surface area contributed by atoms with Crippen LogP contribution < -0.4 is 10.6 Å². The third-order valence-corrected chi connectivity index (χ3v) is 3.74. The Labute approximate surface area is 123 Å². The van der Waals surface area contributed by atoms with Gasteiger partial charge in [0.1, 0.15) is 5.75 Å². The first kappa shape index (κ1) is 13.6. The van der Waals surface area contributed by atoms with Gasteiger partial charge in [0.05, 0.1) is 6.04 Å². The van der Waals surface area contributed by atoms with E-state index >= 15 is 0 Å². The number of phenols is 1. The molecule has 1 saturated heterocycles. The molecule has 2 aromatic rings. The van der Waals surface area contributed by atoms with E-state index in [9.17, 15) is 9.90 Å². The van der Waals surface area contributed by atoms with Crippen molar-refractivity contribution in [3.05, 3.63) is 65.7 Å². The maximum Gasteiger partial charge on any atom is 0.221 e. The van der Waals surface area contributed by atoms with E-state index in [1.807, 2.05) is 30.3 Å². The Morgan fingerprint density at radius 3 is 2.33 bits per heavy atom. The molecule has 0 aliphatic carbocycles. The molecule has 0 radical (unpaired) electrons. The molecule has 1 amide bonds. The molecule has 1 fully saturated rings. The lowest BCUT2D eigenvalue weighted by atomic mass is 9.97. The molecule has 1 heterocycles. The highest BCUT2D eigenvalue weighted by Crippen LogP contribution is 2.25. The first-order valence-corrected chi connectivity index (χ1v) is 7.09. The van der Waals surface area contributed by atoms with Crippen LogP contribution in [0.1, 0.15) is 23.6 Å². The van der Waals surface area contributed by atoms with Gasteiger partial charge in [-0.15, -0.1) is 0 Å². The average molecular weight is 282 g/mol. The zero-order valence-corrected chi connectivity index (χ0v) is 11.6. The number of carbonyl (C=O) groups excluding carboxylic acids is 1. The standard InChI is InChI=1S/C17H18N2O2/c20-15-8-6-13(7-9-15)17(12-4-2-1-3-5-12)19-14-10-16(21)18-11-14/h1-9,14,17,19-20H,10-11H2,(H,18,21). The number of phenolic OH excluding ortho intramolecular Hbond substituents is 1. The molecule has 2 aromatic carbocycles. The summed E-state index contributed by atoms with van der Waals surface area (Å²) in [5.41, 5.74) is 2.21. The predicted octanol–water partition coefficient (Wildman–Crippen LogP) is 1.96. The van der Waals surface area contributed by atoms with Crippen molar-refractivity contribution >= 4 is 5.91 Å². The van der Waals surface area contributed by atoms with Gasteiger partial charge in [-0.3, -0.25) is 4.79 Å². The molecule has 4 heteroatoms. The van der Waals surface area contributed by atoms with Crippen molar-refractivity contribution in [1.29, 1.82) is 0 Å². The predicted molar refractivity (Wildman–Crippen MR) is 80.9 cm³/mol. The van der Waals surface area contributed by atoms with E-state index in [0.29, 0.717) is 13.0 Å². The first-order chi connectivity index (χ1) is 10.2. The minimum absolute atomic E-state index is 0.00417. The molecule has 0 bridgehead atoms. The van der Waals surface area contributed by atoms with E-state index in [1.54, 1.807) is 12.1 Å². The van der Waals surface area contributed by atoms with Crippen LogP contribution in [-0.2, 0) is 4.79 Å². The first-order valence-electron chi connectivity index (χ1n) is 7.09. The molecule has 0 saturated carbocycles. The van der Waals surface area contributed by atoms with Crippen molar-refractivity contribution in [2.24, 2.45) is 0 Å². The minimum atomic E-state index is 0.00417. The van der Waals surface area contributed by atoms with E-state index in [1.165, 1.54) is 0 Å². The van der Waals surface area contributed by atoms with Crippen LogP contribution in [-0.4, -0.2) is 23.6 Å². The lowest BCUT2D eigenvalue weighted by Crippen LogP contribution is -2.35. The highest BCUT2D eigenvalue weighted by molar-refractivity contribution is 5.78. The molecule has 1 aliphatic rings. The van der Waals surface area contributed by atoms with Gasteiger partial charge in [0, 0.05) is 19.0 Å². The van der Waals surface area contributed by atoms with Gasteiger partial charge in [-0.25, -0.2) is 0 Å². The fraction of sp³-hybridized carbons (Fsp3) is 0.235. The van der Waals surface area contributed by atoms with E-state index in [2.05, 4.69) is 22.8 Å². The molecule has 1 aliphatic heterocycles. The molecule has 0 spiro atoms. The lowest BCUT2D eigenvalue weighted by molar-refractivity contribution is -0.119. The van der Waals surface area contributed by atoms with E-state index in [0.717, 1.165) is 11.1 Å². The Hall–Kier alpha value is -2.33. The quantitative estimate of drug-likeness (QED) is 0.803. The smallest absolute Gasteiger partial charge is 0.221 e. The monoisotopic (exact) mass is 282 g/mol. The third-order valence-electron chi connectivity index (χ3n) is 3.74. The van der Waals surface area contributed by atoms with E-state index < -0.39 is 0 Å². The van der Waals surface area contributed by atoms with Gasteiger partial charge in [-0.05, 0) is 23.3 Å². The summed E-state index contributed by atoms with van der Waals surface area (Å²) in [5, 5.41) is 15.8. The molecule has 108 valence electrons. The molecule has 3 rings (SSSR count). The lowest BCUT2D eigenvalue weighted by Gasteiger charge is -2.23. The second-order valence-electron chi connectivity index (χ2n) is 5.31. The maximum atomic E-state index is 11.4. The Kier molecular flexibility index (Phi) is 3.88. The SMILES string of the molecule is O=C1CC(NC(c2ccccc2)c2ccc(O)cc2)CN1. The van der Waals surface area contributed by atoms with Crippen molar-refractivity contribution in [2.75, 3.05) is 6.54 Å². The van der Waals surface area contributed by atoms with Gasteiger partial charge in [-0.2, -0.15) is 0 Å². The highest BCUT2D eigenvalue weighted by Gasteiger charge is 2.25. The second kappa shape index (κ2) is 5.97. The van der Waals surface area contributed by atoms with Gasteiger partial charge in [0.2, 0.25) is 5.91 Å². The number of hydrogen-bond acceptors (Lipinski definition) is 3. The van der Waals surface area contributed by atoms with Crippen LogP contribution in [0.3, 0.4) is 0 Å². The minimum Gasteiger partial charge on any atom is -0.508 e. The molecule has 0 aromatic heterocycles. The summed E-state index contributed by atoms with van der Waals surface area (Å²) in [7, 11) is 0. The number of rotatable bonds is 4. The van der Waals surface area contributed by atoms with Crippen LogP contribution in [0.4, 0.5) is 0 Å². The summed E-state index contributed by atoms with van der Waals surface area (Å²) >= 11 is 0. The molecular formula is C17H18N2O2. The van der Waals surface area contributed by atoms with Crippen LogP contribution >= 0.6 is 0 Å². The number of carbonyl (C=O) groups is 1. The fourth-order valence-corrected chi connectivity index (χ4v) is 2.66. The second-order valence-corrected chi connectivity index (χ2v) is 5.31. The van der Waals surface area contributed by atoms with Crippen molar-refractivity contribution in [3.63, 3.8) is 0 Å². The number of aromatic hydroxyl groups is 1. The van der Waals surface area contributed by atoms with Crippen LogP contribution in [0.25, 0.3) is 0 Å². The zero-order chi connectivity index (χ0) is 14.7. The largest absolute Gasteiger partial charge is 0.508 e. The van der Waals surface area contributed by atoms with Crippen LogP contribution in [0.15, 0.2) is 54.6 Å². The zero-order valence-electron chi connectivity index (χ0n) is 11.6. The molecular weight excluding hydrogens is 264 g/mol. The van der Waals surface area contributed by atoms with Crippen molar-refractivity contribution in [2.45, 2.75) is 18.5 Å². The van der Waals surface area contributed by atoms with E-state index in [4.69, 9.17) is 0 Å². The summed E-state index contributed by atoms with van der Waals surface area (Å²) in [6.07, 6.45) is 0.501. The molecule has 21 heavy (non-hydrogen) atoms. The van der Waals surface area contributed by atoms with Gasteiger partial charge >= 0.3 is 0 Å². The fourth-order valence-electron chi connectivity index (χ4n) is 2.66. The molecule has 3 N–H and O–H groups in total. The van der Waals surface area contributed by atoms with Crippen molar-refractivity contribution < 1.29 is 9.90 Å². The van der Waals surface area contributed by atoms with Gasteiger partial charge < -0.3 is 15.7 Å². The van der Waals surface area contributed by atoms with Crippen LogP contribution in [0, 0.1) is 0 Å².